The summed E-state index contributed by atoms with van der Waals surface area (Å²) in [4.78, 5) is 25.4. The highest BCUT2D eigenvalue weighted by Crippen LogP contribution is 2.25. The second-order valence-electron chi connectivity index (χ2n) is 7.20. The van der Waals surface area contributed by atoms with Gasteiger partial charge in [-0.15, -0.1) is 0 Å². The van der Waals surface area contributed by atoms with Crippen LogP contribution in [0.1, 0.15) is 30.9 Å². The monoisotopic (exact) mass is 405 g/mol. The molecule has 3 aromatic rings. The molecule has 5 nitrogen and oxygen atoms in total. The van der Waals surface area contributed by atoms with Gasteiger partial charge in [-0.3, -0.25) is 4.79 Å². The molecule has 2 atom stereocenters. The van der Waals surface area contributed by atoms with E-state index >= 15 is 0 Å². The van der Waals surface area contributed by atoms with Crippen molar-refractivity contribution in [2.75, 3.05) is 13.7 Å². The first kappa shape index (κ1) is 21.4. The molecule has 1 unspecified atom stereocenters. The molecule has 0 saturated heterocycles. The average Bonchev–Trinajstić information content (AvgIpc) is 2.78. The summed E-state index contributed by atoms with van der Waals surface area (Å²) >= 11 is 0. The Morgan fingerprint density at radius 3 is 2.37 bits per heavy atom. The van der Waals surface area contributed by atoms with E-state index in [4.69, 9.17) is 9.47 Å². The maximum absolute atomic E-state index is 13.0. The van der Waals surface area contributed by atoms with E-state index in [0.29, 0.717) is 6.42 Å². The molecule has 30 heavy (non-hydrogen) atoms. The van der Waals surface area contributed by atoms with Crippen molar-refractivity contribution in [1.29, 1.82) is 0 Å². The first-order valence-electron chi connectivity index (χ1n) is 10.1. The van der Waals surface area contributed by atoms with E-state index in [1.807, 2.05) is 73.7 Å². The van der Waals surface area contributed by atoms with Crippen molar-refractivity contribution < 1.29 is 19.1 Å². The predicted molar refractivity (Wildman–Crippen MR) is 118 cm³/mol. The minimum atomic E-state index is -0.730. The highest BCUT2D eigenvalue weighted by atomic mass is 16.5. The van der Waals surface area contributed by atoms with Crippen LogP contribution in [0.5, 0.6) is 5.75 Å². The Kier molecular flexibility index (Phi) is 7.07. The highest BCUT2D eigenvalue weighted by molar-refractivity contribution is 5.90. The Labute approximate surface area is 177 Å². The number of carbonyl (C=O) groups excluding carboxylic acids is 2. The molecule has 0 aliphatic rings. The molecule has 0 aliphatic carbocycles. The van der Waals surface area contributed by atoms with E-state index in [-0.39, 0.29) is 12.5 Å². The molecule has 0 aliphatic heterocycles. The van der Waals surface area contributed by atoms with Crippen LogP contribution in [0, 0.1) is 0 Å². The largest absolute Gasteiger partial charge is 0.497 e. The zero-order chi connectivity index (χ0) is 21.5. The van der Waals surface area contributed by atoms with Crippen LogP contribution in [-0.2, 0) is 20.7 Å². The van der Waals surface area contributed by atoms with Gasteiger partial charge in [0.05, 0.1) is 19.6 Å². The number of rotatable bonds is 8. The average molecular weight is 405 g/mol. The van der Waals surface area contributed by atoms with E-state index in [0.717, 1.165) is 27.6 Å². The van der Waals surface area contributed by atoms with Crippen molar-refractivity contribution in [2.45, 2.75) is 32.2 Å². The number of fused-ring (bicyclic) bond motifs is 1. The fourth-order valence-electron chi connectivity index (χ4n) is 3.37. The number of esters is 1. The molecule has 0 bridgehead atoms. The van der Waals surface area contributed by atoms with Gasteiger partial charge >= 0.3 is 5.97 Å². The minimum Gasteiger partial charge on any atom is -0.497 e. The lowest BCUT2D eigenvalue weighted by molar-refractivity contribution is -0.147. The van der Waals surface area contributed by atoms with Crippen LogP contribution in [0.15, 0.2) is 66.7 Å². The highest BCUT2D eigenvalue weighted by Gasteiger charge is 2.25. The molecule has 156 valence electrons. The van der Waals surface area contributed by atoms with E-state index in [1.54, 1.807) is 14.0 Å². The summed E-state index contributed by atoms with van der Waals surface area (Å²) < 4.78 is 10.4. The van der Waals surface area contributed by atoms with Gasteiger partial charge in [-0.1, -0.05) is 54.6 Å². The van der Waals surface area contributed by atoms with Gasteiger partial charge in [0, 0.05) is 6.42 Å². The maximum Gasteiger partial charge on any atom is 0.328 e. The Hall–Kier alpha value is -3.34. The maximum atomic E-state index is 13.0. The van der Waals surface area contributed by atoms with Crippen molar-refractivity contribution in [3.05, 3.63) is 77.9 Å². The third kappa shape index (κ3) is 5.17. The molecule has 0 spiro atoms. The molecule has 5 heteroatoms. The quantitative estimate of drug-likeness (QED) is 0.569. The van der Waals surface area contributed by atoms with Crippen LogP contribution in [0.2, 0.25) is 0 Å². The van der Waals surface area contributed by atoms with Crippen LogP contribution < -0.4 is 10.1 Å². The van der Waals surface area contributed by atoms with Gasteiger partial charge in [0.25, 0.3) is 0 Å². The molecular weight excluding hydrogens is 378 g/mol. The topological polar surface area (TPSA) is 64.6 Å². The second kappa shape index (κ2) is 9.92. The molecule has 0 fully saturated rings. The summed E-state index contributed by atoms with van der Waals surface area (Å²) in [6.45, 7) is 3.86. The number of ether oxygens (including phenoxy) is 2. The van der Waals surface area contributed by atoms with Crippen molar-refractivity contribution in [2.24, 2.45) is 0 Å². The molecule has 1 amide bonds. The molecular formula is C25H27NO4. The normalized spacial score (nSPS) is 12.8. The first-order valence-corrected chi connectivity index (χ1v) is 10.1. The standard InChI is InChI=1S/C25H27NO4/c1-4-30-25(28)23(14-18-8-6-5-7-9-18)26-24(27)17(2)19-10-11-21-16-22(29-3)13-12-20(21)15-19/h5-13,15-17,23H,4,14H2,1-3H3,(H,26,27)/t17?,23-/m1/s1. The van der Waals surface area contributed by atoms with Crippen LogP contribution in [0.3, 0.4) is 0 Å². The van der Waals surface area contributed by atoms with Crippen molar-refractivity contribution >= 4 is 22.6 Å². The molecule has 0 heterocycles. The van der Waals surface area contributed by atoms with Crippen LogP contribution in [0.4, 0.5) is 0 Å². The summed E-state index contributed by atoms with van der Waals surface area (Å²) in [7, 11) is 1.64. The summed E-state index contributed by atoms with van der Waals surface area (Å²) in [6.07, 6.45) is 0.385. The number of hydrogen-bond donors (Lipinski definition) is 1. The Morgan fingerprint density at radius 1 is 0.967 bits per heavy atom. The Morgan fingerprint density at radius 2 is 1.67 bits per heavy atom. The van der Waals surface area contributed by atoms with Crippen molar-refractivity contribution in [3.8, 4) is 5.75 Å². The van der Waals surface area contributed by atoms with E-state index in [1.165, 1.54) is 0 Å². The van der Waals surface area contributed by atoms with Crippen LogP contribution in [-0.4, -0.2) is 31.6 Å². The van der Waals surface area contributed by atoms with Crippen LogP contribution >= 0.6 is 0 Å². The zero-order valence-corrected chi connectivity index (χ0v) is 17.6. The van der Waals surface area contributed by atoms with E-state index < -0.39 is 17.9 Å². The zero-order valence-electron chi connectivity index (χ0n) is 17.6. The van der Waals surface area contributed by atoms with Gasteiger partial charge in [-0.25, -0.2) is 4.79 Å². The Bertz CT molecular complexity index is 1020. The third-order valence-electron chi connectivity index (χ3n) is 5.14. The predicted octanol–water partition coefficient (Wildman–Crippen LogP) is 4.24. The molecule has 3 aromatic carbocycles. The second-order valence-corrected chi connectivity index (χ2v) is 7.20. The molecule has 0 aromatic heterocycles. The Balaban J connectivity index is 1.77. The van der Waals surface area contributed by atoms with E-state index in [2.05, 4.69) is 5.32 Å². The van der Waals surface area contributed by atoms with Gasteiger partial charge in [0.1, 0.15) is 11.8 Å². The minimum absolute atomic E-state index is 0.211. The first-order chi connectivity index (χ1) is 14.5. The van der Waals surface area contributed by atoms with Crippen molar-refractivity contribution in [1.82, 2.24) is 5.32 Å². The number of hydrogen-bond acceptors (Lipinski definition) is 4. The summed E-state index contributed by atoms with van der Waals surface area (Å²) in [5.74, 6) is -0.257. The smallest absolute Gasteiger partial charge is 0.328 e. The molecule has 0 radical (unpaired) electrons. The van der Waals surface area contributed by atoms with Gasteiger partial charge in [-0.2, -0.15) is 0 Å². The number of carbonyl (C=O) groups is 2. The van der Waals surface area contributed by atoms with Crippen LogP contribution in [0.25, 0.3) is 10.8 Å². The van der Waals surface area contributed by atoms with E-state index in [9.17, 15) is 9.59 Å². The van der Waals surface area contributed by atoms with Gasteiger partial charge < -0.3 is 14.8 Å². The fourth-order valence-corrected chi connectivity index (χ4v) is 3.37. The SMILES string of the molecule is CCOC(=O)[C@@H](Cc1ccccc1)NC(=O)C(C)c1ccc2cc(OC)ccc2c1. The van der Waals surface area contributed by atoms with Crippen molar-refractivity contribution in [3.63, 3.8) is 0 Å². The van der Waals surface area contributed by atoms with Gasteiger partial charge in [0.15, 0.2) is 0 Å². The number of nitrogens with one attached hydrogen (secondary N) is 1. The number of amides is 1. The summed E-state index contributed by atoms with van der Waals surface area (Å²) in [6, 6.07) is 20.6. The number of benzene rings is 3. The lowest BCUT2D eigenvalue weighted by Gasteiger charge is -2.20. The lowest BCUT2D eigenvalue weighted by Crippen LogP contribution is -2.44. The third-order valence-corrected chi connectivity index (χ3v) is 5.14. The molecule has 3 rings (SSSR count). The molecule has 1 N–H and O–H groups in total. The van der Waals surface area contributed by atoms with Gasteiger partial charge in [-0.05, 0) is 47.9 Å². The fraction of sp³-hybridized carbons (Fsp3) is 0.280. The summed E-state index contributed by atoms with van der Waals surface area (Å²) in [5, 5.41) is 4.95. The molecule has 0 saturated carbocycles. The van der Waals surface area contributed by atoms with Gasteiger partial charge in [0.2, 0.25) is 5.91 Å². The number of methoxy groups -OCH3 is 1. The lowest BCUT2D eigenvalue weighted by atomic mass is 9.96. The summed E-state index contributed by atoms with van der Waals surface area (Å²) in [5.41, 5.74) is 1.84.